The predicted octanol–water partition coefficient (Wildman–Crippen LogP) is 1.03. The van der Waals surface area contributed by atoms with Gasteiger partial charge >= 0.3 is 0 Å². The second-order valence-electron chi connectivity index (χ2n) is 6.00. The number of benzene rings is 1. The van der Waals surface area contributed by atoms with Crippen LogP contribution in [0.25, 0.3) is 0 Å². The van der Waals surface area contributed by atoms with Crippen molar-refractivity contribution < 1.29 is 9.59 Å². The van der Waals surface area contributed by atoms with Crippen LogP contribution in [0.2, 0.25) is 0 Å². The number of nitrogens with zero attached hydrogens (tertiary/aromatic N) is 3. The fourth-order valence-corrected chi connectivity index (χ4v) is 2.83. The number of carbonyl (C=O) groups is 2. The third kappa shape index (κ3) is 3.79. The van der Waals surface area contributed by atoms with Crippen molar-refractivity contribution in [3.05, 3.63) is 47.5 Å². The molecule has 0 bridgehead atoms. The number of H-pyrrole nitrogens is 1. The zero-order valence-electron chi connectivity index (χ0n) is 13.7. The third-order valence-electron chi connectivity index (χ3n) is 4.28. The molecule has 1 unspecified atom stereocenters. The van der Waals surface area contributed by atoms with Crippen LogP contribution in [-0.2, 0) is 29.1 Å². The van der Waals surface area contributed by atoms with Gasteiger partial charge in [0.25, 0.3) is 0 Å². The number of likely N-dealkylation sites (tertiary alicyclic amines) is 1. The molecule has 0 aliphatic carbocycles. The van der Waals surface area contributed by atoms with Gasteiger partial charge in [0.05, 0.1) is 12.5 Å². The molecule has 1 fully saturated rings. The van der Waals surface area contributed by atoms with E-state index in [1.54, 1.807) is 4.90 Å². The molecule has 2 aromatic rings. The van der Waals surface area contributed by atoms with Crippen LogP contribution in [0.4, 0.5) is 0 Å². The van der Waals surface area contributed by atoms with Crippen molar-refractivity contribution in [3.63, 3.8) is 0 Å². The number of aromatic nitrogens is 3. The molecule has 3 rings (SSSR count). The summed E-state index contributed by atoms with van der Waals surface area (Å²) in [5.41, 5.74) is 2.36. The van der Waals surface area contributed by atoms with E-state index in [0.29, 0.717) is 25.5 Å². The second-order valence-corrected chi connectivity index (χ2v) is 6.00. The number of aryl methyl sites for hydroxylation is 1. The Hall–Kier alpha value is -2.70. The highest BCUT2D eigenvalue weighted by Gasteiger charge is 2.34. The Bertz CT molecular complexity index is 696. The summed E-state index contributed by atoms with van der Waals surface area (Å²) in [7, 11) is 0. The molecule has 126 valence electrons. The first-order valence-electron chi connectivity index (χ1n) is 8.13. The maximum atomic E-state index is 12.2. The molecule has 7 heteroatoms. The van der Waals surface area contributed by atoms with Crippen molar-refractivity contribution in [2.24, 2.45) is 5.92 Å². The maximum Gasteiger partial charge on any atom is 0.225 e. The Balaban J connectivity index is 1.53. The van der Waals surface area contributed by atoms with E-state index in [-0.39, 0.29) is 24.2 Å². The van der Waals surface area contributed by atoms with Crippen LogP contribution in [0.3, 0.4) is 0 Å². The second kappa shape index (κ2) is 7.25. The summed E-state index contributed by atoms with van der Waals surface area (Å²) in [6.07, 6.45) is 2.65. The summed E-state index contributed by atoms with van der Waals surface area (Å²) in [4.78, 5) is 30.1. The van der Waals surface area contributed by atoms with Gasteiger partial charge in [-0.25, -0.2) is 4.98 Å². The molecule has 24 heavy (non-hydrogen) atoms. The molecular weight excluding hydrogens is 306 g/mol. The van der Waals surface area contributed by atoms with Crippen LogP contribution in [0, 0.1) is 5.92 Å². The Morgan fingerprint density at radius 2 is 2.08 bits per heavy atom. The highest BCUT2D eigenvalue weighted by molar-refractivity contribution is 5.89. The van der Waals surface area contributed by atoms with E-state index in [1.165, 1.54) is 11.9 Å². The van der Waals surface area contributed by atoms with Gasteiger partial charge < -0.3 is 10.2 Å². The van der Waals surface area contributed by atoms with Gasteiger partial charge in [0.2, 0.25) is 11.8 Å². The summed E-state index contributed by atoms with van der Waals surface area (Å²) in [6.45, 7) is 3.41. The minimum absolute atomic E-state index is 0.0226. The SMILES string of the molecule is CCc1ccc(CN2CC(C(=O)NCc3ncn[nH]3)CC2=O)cc1. The molecule has 1 atom stereocenters. The quantitative estimate of drug-likeness (QED) is 0.829. The monoisotopic (exact) mass is 327 g/mol. The first kappa shape index (κ1) is 16.2. The van der Waals surface area contributed by atoms with Crippen molar-refractivity contribution in [2.45, 2.75) is 32.9 Å². The van der Waals surface area contributed by atoms with Gasteiger partial charge in [0.15, 0.2) is 0 Å². The molecule has 1 aliphatic rings. The lowest BCUT2D eigenvalue weighted by atomic mass is 10.1. The molecule has 0 saturated carbocycles. The Morgan fingerprint density at radius 3 is 2.75 bits per heavy atom. The first-order chi connectivity index (χ1) is 11.7. The lowest BCUT2D eigenvalue weighted by Crippen LogP contribution is -2.32. The van der Waals surface area contributed by atoms with Crippen LogP contribution in [0.15, 0.2) is 30.6 Å². The molecule has 1 aromatic heterocycles. The summed E-state index contributed by atoms with van der Waals surface area (Å²) in [6, 6.07) is 8.25. The standard InChI is InChI=1S/C17H21N5O2/c1-2-12-3-5-13(6-4-12)9-22-10-14(7-16(22)23)17(24)18-8-15-19-11-20-21-15/h3-6,11,14H,2,7-10H2,1H3,(H,18,24)(H,19,20,21). The fraction of sp³-hybridized carbons (Fsp3) is 0.412. The molecule has 0 spiro atoms. The third-order valence-corrected chi connectivity index (χ3v) is 4.28. The topological polar surface area (TPSA) is 91.0 Å². The van der Waals surface area contributed by atoms with Gasteiger partial charge in [0, 0.05) is 19.5 Å². The smallest absolute Gasteiger partial charge is 0.225 e. The summed E-state index contributed by atoms with van der Waals surface area (Å²) in [5, 5.41) is 9.22. The number of carbonyl (C=O) groups excluding carboxylic acids is 2. The van der Waals surface area contributed by atoms with Crippen LogP contribution < -0.4 is 5.32 Å². The van der Waals surface area contributed by atoms with Crippen molar-refractivity contribution >= 4 is 11.8 Å². The Labute approximate surface area is 140 Å². The van der Waals surface area contributed by atoms with Crippen molar-refractivity contribution in [2.75, 3.05) is 6.54 Å². The molecule has 1 saturated heterocycles. The van der Waals surface area contributed by atoms with E-state index >= 15 is 0 Å². The maximum absolute atomic E-state index is 12.2. The molecule has 1 aromatic carbocycles. The summed E-state index contributed by atoms with van der Waals surface area (Å²) < 4.78 is 0. The van der Waals surface area contributed by atoms with E-state index < -0.39 is 0 Å². The number of rotatable bonds is 6. The average molecular weight is 327 g/mol. The first-order valence-corrected chi connectivity index (χ1v) is 8.13. The zero-order valence-corrected chi connectivity index (χ0v) is 13.7. The fourth-order valence-electron chi connectivity index (χ4n) is 2.83. The molecule has 2 amide bonds. The van der Waals surface area contributed by atoms with Crippen LogP contribution >= 0.6 is 0 Å². The van der Waals surface area contributed by atoms with Gasteiger partial charge in [-0.1, -0.05) is 31.2 Å². The minimum atomic E-state index is -0.310. The number of amides is 2. The highest BCUT2D eigenvalue weighted by Crippen LogP contribution is 2.20. The molecular formula is C17H21N5O2. The van der Waals surface area contributed by atoms with Gasteiger partial charge in [-0.15, -0.1) is 0 Å². The molecule has 2 heterocycles. The zero-order chi connectivity index (χ0) is 16.9. The average Bonchev–Trinajstić information content (AvgIpc) is 3.24. The predicted molar refractivity (Wildman–Crippen MR) is 87.6 cm³/mol. The van der Waals surface area contributed by atoms with E-state index in [2.05, 4.69) is 39.6 Å². The number of hydrogen-bond donors (Lipinski definition) is 2. The van der Waals surface area contributed by atoms with E-state index in [1.807, 2.05) is 12.1 Å². The largest absolute Gasteiger partial charge is 0.349 e. The minimum Gasteiger partial charge on any atom is -0.349 e. The van der Waals surface area contributed by atoms with Gasteiger partial charge in [-0.05, 0) is 17.5 Å². The number of hydrogen-bond acceptors (Lipinski definition) is 4. The van der Waals surface area contributed by atoms with Crippen molar-refractivity contribution in [1.29, 1.82) is 0 Å². The van der Waals surface area contributed by atoms with Gasteiger partial charge in [-0.2, -0.15) is 5.10 Å². The van der Waals surface area contributed by atoms with E-state index in [4.69, 9.17) is 0 Å². The Morgan fingerprint density at radius 1 is 1.33 bits per heavy atom. The van der Waals surface area contributed by atoms with E-state index in [9.17, 15) is 9.59 Å². The van der Waals surface area contributed by atoms with Gasteiger partial charge in [0.1, 0.15) is 12.2 Å². The van der Waals surface area contributed by atoms with Crippen LogP contribution in [0.5, 0.6) is 0 Å². The van der Waals surface area contributed by atoms with Crippen LogP contribution in [-0.4, -0.2) is 38.4 Å². The highest BCUT2D eigenvalue weighted by atomic mass is 16.2. The lowest BCUT2D eigenvalue weighted by molar-refractivity contribution is -0.129. The normalized spacial score (nSPS) is 17.3. The summed E-state index contributed by atoms with van der Waals surface area (Å²) in [5.74, 6) is 0.189. The number of nitrogens with one attached hydrogen (secondary N) is 2. The van der Waals surface area contributed by atoms with Crippen LogP contribution in [0.1, 0.15) is 30.3 Å². The van der Waals surface area contributed by atoms with E-state index in [0.717, 1.165) is 12.0 Å². The molecule has 7 nitrogen and oxygen atoms in total. The molecule has 2 N–H and O–H groups in total. The molecule has 1 aliphatic heterocycles. The lowest BCUT2D eigenvalue weighted by Gasteiger charge is -2.17. The Kier molecular flexibility index (Phi) is 4.88. The van der Waals surface area contributed by atoms with Gasteiger partial charge in [-0.3, -0.25) is 14.7 Å². The molecule has 0 radical (unpaired) electrons. The van der Waals surface area contributed by atoms with Crippen molar-refractivity contribution in [3.8, 4) is 0 Å². The van der Waals surface area contributed by atoms with Crippen molar-refractivity contribution in [1.82, 2.24) is 25.4 Å². The number of aromatic amines is 1. The summed E-state index contributed by atoms with van der Waals surface area (Å²) >= 11 is 0.